The van der Waals surface area contributed by atoms with Crippen LogP contribution in [-0.4, -0.2) is 25.0 Å². The first-order valence-corrected chi connectivity index (χ1v) is 6.55. The van der Waals surface area contributed by atoms with E-state index in [0.717, 1.165) is 5.69 Å². The molecule has 1 aromatic heterocycles. The zero-order valence-electron chi connectivity index (χ0n) is 10.9. The molecule has 0 saturated carbocycles. The number of carbonyl (C=O) groups is 1. The number of thiazole rings is 1. The Bertz CT molecular complexity index is 610. The molecule has 19 heavy (non-hydrogen) atoms. The molecule has 0 saturated heterocycles. The van der Waals surface area contributed by atoms with Crippen LogP contribution in [0, 0.1) is 12.7 Å². The average Bonchev–Trinajstić information content (AvgIpc) is 2.74. The van der Waals surface area contributed by atoms with Crippen molar-refractivity contribution in [2.75, 3.05) is 24.3 Å². The second-order valence-electron chi connectivity index (χ2n) is 4.31. The second kappa shape index (κ2) is 5.36. The first-order chi connectivity index (χ1) is 8.97. The summed E-state index contributed by atoms with van der Waals surface area (Å²) in [5.74, 6) is -0.786. The molecule has 0 bridgehead atoms. The maximum atomic E-state index is 13.8. The molecule has 2 rings (SSSR count). The van der Waals surface area contributed by atoms with E-state index in [1.165, 1.54) is 17.4 Å². The third-order valence-corrected chi connectivity index (χ3v) is 3.41. The summed E-state index contributed by atoms with van der Waals surface area (Å²) in [5.41, 5.74) is 1.56. The quantitative estimate of drug-likeness (QED) is 0.939. The monoisotopic (exact) mass is 279 g/mol. The van der Waals surface area contributed by atoms with Crippen LogP contribution in [0.15, 0.2) is 23.6 Å². The molecule has 0 unspecified atom stereocenters. The number of nitrogens with zero attached hydrogens (tertiary/aromatic N) is 2. The van der Waals surface area contributed by atoms with Crippen LogP contribution in [0.25, 0.3) is 0 Å². The van der Waals surface area contributed by atoms with E-state index in [1.54, 1.807) is 31.1 Å². The van der Waals surface area contributed by atoms with Gasteiger partial charge in [0.1, 0.15) is 5.82 Å². The smallest absolute Gasteiger partial charge is 0.257 e. The minimum atomic E-state index is -0.423. The Balaban J connectivity index is 2.18. The summed E-state index contributed by atoms with van der Waals surface area (Å²) < 4.78 is 13.8. The van der Waals surface area contributed by atoms with Crippen molar-refractivity contribution in [2.45, 2.75) is 6.92 Å². The Morgan fingerprint density at radius 2 is 2.16 bits per heavy atom. The molecule has 2 aromatic rings. The molecular weight excluding hydrogens is 265 g/mol. The van der Waals surface area contributed by atoms with Crippen molar-refractivity contribution in [3.05, 3.63) is 40.7 Å². The van der Waals surface area contributed by atoms with Gasteiger partial charge in [-0.2, -0.15) is 0 Å². The summed E-state index contributed by atoms with van der Waals surface area (Å²) in [7, 11) is 3.49. The molecule has 100 valence electrons. The van der Waals surface area contributed by atoms with Crippen LogP contribution < -0.4 is 10.2 Å². The lowest BCUT2D eigenvalue weighted by atomic mass is 10.2. The van der Waals surface area contributed by atoms with E-state index in [0.29, 0.717) is 10.8 Å². The fourth-order valence-electron chi connectivity index (χ4n) is 1.59. The van der Waals surface area contributed by atoms with E-state index < -0.39 is 5.82 Å². The third-order valence-electron chi connectivity index (χ3n) is 2.53. The van der Waals surface area contributed by atoms with Crippen molar-refractivity contribution in [3.63, 3.8) is 0 Å². The van der Waals surface area contributed by atoms with Crippen LogP contribution in [0.1, 0.15) is 16.1 Å². The number of aryl methyl sites for hydroxylation is 1. The number of hydrogen-bond donors (Lipinski definition) is 1. The van der Waals surface area contributed by atoms with Crippen molar-refractivity contribution < 1.29 is 9.18 Å². The first-order valence-electron chi connectivity index (χ1n) is 5.67. The predicted molar refractivity (Wildman–Crippen MR) is 75.5 cm³/mol. The van der Waals surface area contributed by atoms with Crippen LogP contribution in [0.2, 0.25) is 0 Å². The SMILES string of the molecule is Cc1csc(NC(=O)c2ccc(N(C)C)c(F)c2)n1. The molecule has 0 aliphatic rings. The van der Waals surface area contributed by atoms with Crippen molar-refractivity contribution in [1.29, 1.82) is 0 Å². The second-order valence-corrected chi connectivity index (χ2v) is 5.17. The number of carbonyl (C=O) groups excluding carboxylic acids is 1. The number of hydrogen-bond acceptors (Lipinski definition) is 4. The average molecular weight is 279 g/mol. The maximum Gasteiger partial charge on any atom is 0.257 e. The lowest BCUT2D eigenvalue weighted by molar-refractivity contribution is 0.102. The minimum Gasteiger partial charge on any atom is -0.375 e. The third kappa shape index (κ3) is 3.08. The highest BCUT2D eigenvalue weighted by Gasteiger charge is 2.12. The summed E-state index contributed by atoms with van der Waals surface area (Å²) >= 11 is 1.34. The van der Waals surface area contributed by atoms with E-state index in [2.05, 4.69) is 10.3 Å². The fraction of sp³-hybridized carbons (Fsp3) is 0.231. The molecular formula is C13H14FN3OS. The van der Waals surface area contributed by atoms with Crippen LogP contribution >= 0.6 is 11.3 Å². The van der Waals surface area contributed by atoms with Gasteiger partial charge in [0, 0.05) is 25.0 Å². The van der Waals surface area contributed by atoms with Crippen molar-refractivity contribution in [2.24, 2.45) is 0 Å². The molecule has 0 fully saturated rings. The summed E-state index contributed by atoms with van der Waals surface area (Å²) in [6, 6.07) is 4.40. The van der Waals surface area contributed by atoms with E-state index in [9.17, 15) is 9.18 Å². The van der Waals surface area contributed by atoms with Crippen molar-refractivity contribution in [1.82, 2.24) is 4.98 Å². The van der Waals surface area contributed by atoms with Gasteiger partial charge in [-0.3, -0.25) is 10.1 Å². The summed E-state index contributed by atoms with van der Waals surface area (Å²) in [4.78, 5) is 17.7. The standard InChI is InChI=1S/C13H14FN3OS/c1-8-7-19-13(15-8)16-12(18)9-4-5-11(17(2)3)10(14)6-9/h4-7H,1-3H3,(H,15,16,18). The lowest BCUT2D eigenvalue weighted by Crippen LogP contribution is -2.14. The molecule has 0 radical (unpaired) electrons. The molecule has 1 aromatic carbocycles. The van der Waals surface area contributed by atoms with E-state index in [-0.39, 0.29) is 11.5 Å². The minimum absolute atomic E-state index is 0.274. The van der Waals surface area contributed by atoms with E-state index in [4.69, 9.17) is 0 Å². The van der Waals surface area contributed by atoms with Gasteiger partial charge in [0.25, 0.3) is 5.91 Å². The molecule has 1 N–H and O–H groups in total. The number of anilines is 2. The number of benzene rings is 1. The van der Waals surface area contributed by atoms with Gasteiger partial charge in [-0.25, -0.2) is 9.37 Å². The van der Waals surface area contributed by atoms with E-state index >= 15 is 0 Å². The van der Waals surface area contributed by atoms with Gasteiger partial charge in [0.2, 0.25) is 0 Å². The largest absolute Gasteiger partial charge is 0.375 e. The number of halogens is 1. The Morgan fingerprint density at radius 3 is 2.68 bits per heavy atom. The first kappa shape index (κ1) is 13.5. The number of amides is 1. The predicted octanol–water partition coefficient (Wildman–Crippen LogP) is 2.91. The summed E-state index contributed by atoms with van der Waals surface area (Å²) in [6.07, 6.45) is 0. The van der Waals surface area contributed by atoms with Crippen LogP contribution in [0.4, 0.5) is 15.2 Å². The highest BCUT2D eigenvalue weighted by atomic mass is 32.1. The molecule has 6 heteroatoms. The molecule has 0 aliphatic heterocycles. The molecule has 1 heterocycles. The Labute approximate surface area is 114 Å². The maximum absolute atomic E-state index is 13.8. The fourth-order valence-corrected chi connectivity index (χ4v) is 2.27. The number of nitrogens with one attached hydrogen (secondary N) is 1. The highest BCUT2D eigenvalue weighted by Crippen LogP contribution is 2.20. The van der Waals surface area contributed by atoms with Gasteiger partial charge < -0.3 is 4.90 Å². The number of rotatable bonds is 3. The summed E-state index contributed by atoms with van der Waals surface area (Å²) in [6.45, 7) is 1.84. The van der Waals surface area contributed by atoms with Gasteiger partial charge in [-0.05, 0) is 25.1 Å². The zero-order valence-corrected chi connectivity index (χ0v) is 11.7. The van der Waals surface area contributed by atoms with Crippen LogP contribution in [-0.2, 0) is 0 Å². The normalized spacial score (nSPS) is 10.3. The van der Waals surface area contributed by atoms with Gasteiger partial charge in [0.05, 0.1) is 11.4 Å². The molecule has 4 nitrogen and oxygen atoms in total. The van der Waals surface area contributed by atoms with Gasteiger partial charge in [0.15, 0.2) is 5.13 Å². The Hall–Kier alpha value is -1.95. The molecule has 0 spiro atoms. The van der Waals surface area contributed by atoms with Crippen LogP contribution in [0.3, 0.4) is 0 Å². The highest BCUT2D eigenvalue weighted by molar-refractivity contribution is 7.13. The van der Waals surface area contributed by atoms with Crippen molar-refractivity contribution in [3.8, 4) is 0 Å². The Kier molecular flexibility index (Phi) is 3.80. The molecule has 1 amide bonds. The zero-order chi connectivity index (χ0) is 14.0. The van der Waals surface area contributed by atoms with Crippen LogP contribution in [0.5, 0.6) is 0 Å². The van der Waals surface area contributed by atoms with Gasteiger partial charge in [-0.1, -0.05) is 0 Å². The molecule has 0 aliphatic carbocycles. The number of aromatic nitrogens is 1. The van der Waals surface area contributed by atoms with Gasteiger partial charge >= 0.3 is 0 Å². The Morgan fingerprint density at radius 1 is 1.42 bits per heavy atom. The summed E-state index contributed by atoms with van der Waals surface area (Å²) in [5, 5.41) is 5.00. The molecule has 0 atom stereocenters. The van der Waals surface area contributed by atoms with Crippen molar-refractivity contribution >= 4 is 28.1 Å². The lowest BCUT2D eigenvalue weighted by Gasteiger charge is -2.13. The topological polar surface area (TPSA) is 45.2 Å². The van der Waals surface area contributed by atoms with Gasteiger partial charge in [-0.15, -0.1) is 11.3 Å². The van der Waals surface area contributed by atoms with E-state index in [1.807, 2.05) is 12.3 Å².